The van der Waals surface area contributed by atoms with Gasteiger partial charge in [0.05, 0.1) is 11.0 Å². The van der Waals surface area contributed by atoms with Crippen molar-refractivity contribution in [2.75, 3.05) is 11.9 Å². The minimum atomic E-state index is 0.731. The van der Waals surface area contributed by atoms with Crippen molar-refractivity contribution < 1.29 is 0 Å². The lowest BCUT2D eigenvalue weighted by molar-refractivity contribution is 0.517. The molecule has 0 radical (unpaired) electrons. The number of anilines is 1. The third-order valence-corrected chi connectivity index (χ3v) is 3.49. The van der Waals surface area contributed by atoms with Crippen LogP contribution in [0.3, 0.4) is 0 Å². The summed E-state index contributed by atoms with van der Waals surface area (Å²) in [7, 11) is 2.06. The molecule has 0 aliphatic carbocycles. The second-order valence-electron chi connectivity index (χ2n) is 4.55. The molecule has 3 heteroatoms. The van der Waals surface area contributed by atoms with Gasteiger partial charge in [0.25, 0.3) is 0 Å². The van der Waals surface area contributed by atoms with Crippen LogP contribution in [-0.4, -0.2) is 16.1 Å². The first-order valence-corrected chi connectivity index (χ1v) is 6.41. The summed E-state index contributed by atoms with van der Waals surface area (Å²) >= 11 is 0. The fraction of sp³-hybridized carbons (Fsp3) is 0.500. The van der Waals surface area contributed by atoms with E-state index in [1.807, 2.05) is 6.07 Å². The second kappa shape index (κ2) is 5.21. The van der Waals surface area contributed by atoms with Gasteiger partial charge in [0.2, 0.25) is 5.95 Å². The highest BCUT2D eigenvalue weighted by Crippen LogP contribution is 2.18. The van der Waals surface area contributed by atoms with Crippen LogP contribution in [0.1, 0.15) is 26.7 Å². The highest BCUT2D eigenvalue weighted by atomic mass is 15.2. The maximum absolute atomic E-state index is 4.60. The van der Waals surface area contributed by atoms with E-state index in [2.05, 4.69) is 54.0 Å². The quantitative estimate of drug-likeness (QED) is 0.854. The zero-order valence-corrected chi connectivity index (χ0v) is 10.9. The van der Waals surface area contributed by atoms with Gasteiger partial charge < -0.3 is 9.88 Å². The van der Waals surface area contributed by atoms with E-state index >= 15 is 0 Å². The van der Waals surface area contributed by atoms with E-state index in [9.17, 15) is 0 Å². The van der Waals surface area contributed by atoms with Gasteiger partial charge in [0.15, 0.2) is 0 Å². The number of benzene rings is 1. The van der Waals surface area contributed by atoms with Crippen molar-refractivity contribution in [2.24, 2.45) is 13.0 Å². The molecule has 1 N–H and O–H groups in total. The van der Waals surface area contributed by atoms with Gasteiger partial charge in [-0.3, -0.25) is 0 Å². The molecule has 0 spiro atoms. The third-order valence-electron chi connectivity index (χ3n) is 3.49. The SMILES string of the molecule is CCC(CC)CNc1nc2ccccc2n1C. The smallest absolute Gasteiger partial charge is 0.203 e. The number of imidazole rings is 1. The van der Waals surface area contributed by atoms with Crippen LogP contribution < -0.4 is 5.32 Å². The lowest BCUT2D eigenvalue weighted by Crippen LogP contribution is -2.15. The Balaban J connectivity index is 2.16. The first kappa shape index (κ1) is 12.0. The van der Waals surface area contributed by atoms with Crippen molar-refractivity contribution in [3.8, 4) is 0 Å². The van der Waals surface area contributed by atoms with Crippen molar-refractivity contribution in [1.82, 2.24) is 9.55 Å². The van der Waals surface area contributed by atoms with E-state index in [4.69, 9.17) is 0 Å². The molecule has 2 rings (SSSR count). The molecule has 0 saturated heterocycles. The molecule has 1 aromatic carbocycles. The van der Waals surface area contributed by atoms with E-state index in [0.29, 0.717) is 0 Å². The summed E-state index contributed by atoms with van der Waals surface area (Å²) in [5.41, 5.74) is 2.24. The maximum atomic E-state index is 4.60. The highest BCUT2D eigenvalue weighted by Gasteiger charge is 2.08. The fourth-order valence-electron chi connectivity index (χ4n) is 2.12. The zero-order valence-electron chi connectivity index (χ0n) is 10.9. The Kier molecular flexibility index (Phi) is 3.67. The number of fused-ring (bicyclic) bond motifs is 1. The molecule has 0 fully saturated rings. The van der Waals surface area contributed by atoms with Gasteiger partial charge in [-0.2, -0.15) is 0 Å². The lowest BCUT2D eigenvalue weighted by atomic mass is 10.0. The Morgan fingerprint density at radius 2 is 1.94 bits per heavy atom. The van der Waals surface area contributed by atoms with Gasteiger partial charge in [0.1, 0.15) is 0 Å². The first-order chi connectivity index (χ1) is 8.26. The third kappa shape index (κ3) is 2.43. The average Bonchev–Trinajstić information content (AvgIpc) is 2.68. The number of aromatic nitrogens is 2. The van der Waals surface area contributed by atoms with E-state index in [-0.39, 0.29) is 0 Å². The normalized spacial score (nSPS) is 11.3. The molecule has 1 heterocycles. The molecule has 0 aliphatic heterocycles. The van der Waals surface area contributed by atoms with Crippen LogP contribution in [0.2, 0.25) is 0 Å². The molecule has 2 aromatic rings. The van der Waals surface area contributed by atoms with Crippen LogP contribution in [0.25, 0.3) is 11.0 Å². The second-order valence-corrected chi connectivity index (χ2v) is 4.55. The molecule has 0 aliphatic rings. The molecule has 0 atom stereocenters. The number of rotatable bonds is 5. The molecule has 1 aromatic heterocycles. The van der Waals surface area contributed by atoms with Gasteiger partial charge in [0, 0.05) is 13.6 Å². The standard InChI is InChI=1S/C14H21N3/c1-4-11(5-2)10-15-14-16-12-8-6-7-9-13(12)17(14)3/h6-9,11H,4-5,10H2,1-3H3,(H,15,16). The predicted molar refractivity (Wildman–Crippen MR) is 73.3 cm³/mol. The van der Waals surface area contributed by atoms with Crippen LogP contribution in [0.15, 0.2) is 24.3 Å². The topological polar surface area (TPSA) is 29.9 Å². The fourth-order valence-corrected chi connectivity index (χ4v) is 2.12. The minimum Gasteiger partial charge on any atom is -0.355 e. The van der Waals surface area contributed by atoms with E-state index < -0.39 is 0 Å². The van der Waals surface area contributed by atoms with Crippen LogP contribution in [0.4, 0.5) is 5.95 Å². The Labute approximate surface area is 103 Å². The summed E-state index contributed by atoms with van der Waals surface area (Å²) in [5, 5.41) is 3.46. The molecule has 0 amide bonds. The average molecular weight is 231 g/mol. The van der Waals surface area contributed by atoms with Crippen molar-refractivity contribution in [3.63, 3.8) is 0 Å². The summed E-state index contributed by atoms with van der Waals surface area (Å²) in [6.45, 7) is 5.49. The van der Waals surface area contributed by atoms with Gasteiger partial charge in [-0.1, -0.05) is 38.8 Å². The Hall–Kier alpha value is -1.51. The number of aryl methyl sites for hydroxylation is 1. The van der Waals surface area contributed by atoms with Gasteiger partial charge in [-0.15, -0.1) is 0 Å². The molecule has 0 saturated carbocycles. The molecular formula is C14H21N3. The van der Waals surface area contributed by atoms with Gasteiger partial charge in [-0.25, -0.2) is 4.98 Å². The molecule has 0 bridgehead atoms. The van der Waals surface area contributed by atoms with Crippen LogP contribution in [0, 0.1) is 5.92 Å². The van der Waals surface area contributed by atoms with E-state index in [0.717, 1.165) is 23.9 Å². The Bertz CT molecular complexity index is 483. The van der Waals surface area contributed by atoms with Gasteiger partial charge in [-0.05, 0) is 18.1 Å². The van der Waals surface area contributed by atoms with Crippen LogP contribution >= 0.6 is 0 Å². The van der Waals surface area contributed by atoms with Crippen LogP contribution in [-0.2, 0) is 7.05 Å². The largest absolute Gasteiger partial charge is 0.355 e. The molecular weight excluding hydrogens is 210 g/mol. The lowest BCUT2D eigenvalue weighted by Gasteiger charge is -2.13. The summed E-state index contributed by atoms with van der Waals surface area (Å²) in [4.78, 5) is 4.60. The highest BCUT2D eigenvalue weighted by molar-refractivity contribution is 5.78. The summed E-state index contributed by atoms with van der Waals surface area (Å²) in [6, 6.07) is 8.23. The minimum absolute atomic E-state index is 0.731. The van der Waals surface area contributed by atoms with Crippen molar-refractivity contribution >= 4 is 17.0 Å². The monoisotopic (exact) mass is 231 g/mol. The number of nitrogens with zero attached hydrogens (tertiary/aromatic N) is 2. The molecule has 17 heavy (non-hydrogen) atoms. The van der Waals surface area contributed by atoms with Crippen LogP contribution in [0.5, 0.6) is 0 Å². The summed E-state index contributed by atoms with van der Waals surface area (Å²) < 4.78 is 2.12. The Morgan fingerprint density at radius 1 is 1.24 bits per heavy atom. The van der Waals surface area contributed by atoms with E-state index in [1.54, 1.807) is 0 Å². The van der Waals surface area contributed by atoms with Crippen molar-refractivity contribution in [1.29, 1.82) is 0 Å². The number of hydrogen-bond acceptors (Lipinski definition) is 2. The maximum Gasteiger partial charge on any atom is 0.203 e. The number of nitrogens with one attached hydrogen (secondary N) is 1. The molecule has 92 valence electrons. The molecule has 0 unspecified atom stereocenters. The van der Waals surface area contributed by atoms with Gasteiger partial charge >= 0.3 is 0 Å². The zero-order chi connectivity index (χ0) is 12.3. The van der Waals surface area contributed by atoms with E-state index in [1.165, 1.54) is 18.4 Å². The van der Waals surface area contributed by atoms with Crippen molar-refractivity contribution in [3.05, 3.63) is 24.3 Å². The number of para-hydroxylation sites is 2. The summed E-state index contributed by atoms with van der Waals surface area (Å²) in [6.07, 6.45) is 2.43. The predicted octanol–water partition coefficient (Wildman–Crippen LogP) is 3.42. The number of hydrogen-bond donors (Lipinski definition) is 1. The summed E-state index contributed by atoms with van der Waals surface area (Å²) in [5.74, 6) is 1.70. The van der Waals surface area contributed by atoms with Crippen molar-refractivity contribution in [2.45, 2.75) is 26.7 Å². The first-order valence-electron chi connectivity index (χ1n) is 6.41. The Morgan fingerprint density at radius 3 is 2.59 bits per heavy atom. The molecule has 3 nitrogen and oxygen atoms in total.